The van der Waals surface area contributed by atoms with Gasteiger partial charge in [0.1, 0.15) is 6.54 Å². The summed E-state index contributed by atoms with van der Waals surface area (Å²) in [6.07, 6.45) is 0. The lowest BCUT2D eigenvalue weighted by Gasteiger charge is -2.12. The Kier molecular flexibility index (Phi) is 2.22. The van der Waals surface area contributed by atoms with Crippen LogP contribution in [0.25, 0.3) is 0 Å². The van der Waals surface area contributed by atoms with Gasteiger partial charge in [0.25, 0.3) is 5.69 Å². The zero-order valence-corrected chi connectivity index (χ0v) is 7.54. The number of carbonyl (C=O) groups excluding carboxylic acids is 1. The van der Waals surface area contributed by atoms with Gasteiger partial charge >= 0.3 is 5.97 Å². The Hall–Kier alpha value is -2.15. The highest BCUT2D eigenvalue weighted by Gasteiger charge is 2.21. The molecule has 0 bridgehead atoms. The molecular weight excluding hydrogens is 202 g/mol. The minimum atomic E-state index is -0.483. The monoisotopic (exact) mass is 209 g/mol. The smallest absolute Gasteiger partial charge is 0.347 e. The Bertz CT molecular complexity index is 403. The van der Waals surface area contributed by atoms with E-state index < -0.39 is 10.9 Å². The molecule has 0 amide bonds. The summed E-state index contributed by atoms with van der Waals surface area (Å²) in [5.41, 5.74) is 3.02. The molecule has 1 aromatic rings. The molecule has 7 nitrogen and oxygen atoms in total. The molecule has 78 valence electrons. The highest BCUT2D eigenvalue weighted by molar-refractivity contribution is 5.77. The summed E-state index contributed by atoms with van der Waals surface area (Å²) in [6.45, 7) is 0.0812. The molecule has 0 aromatic heterocycles. The van der Waals surface area contributed by atoms with Gasteiger partial charge in [0.15, 0.2) is 0 Å². The van der Waals surface area contributed by atoms with Gasteiger partial charge in [0, 0.05) is 12.1 Å². The van der Waals surface area contributed by atoms with Gasteiger partial charge in [-0.3, -0.25) is 15.1 Å². The summed E-state index contributed by atoms with van der Waals surface area (Å²) in [7, 11) is 0. The molecule has 2 rings (SSSR count). The van der Waals surface area contributed by atoms with E-state index in [9.17, 15) is 14.9 Å². The van der Waals surface area contributed by atoms with E-state index in [0.717, 1.165) is 0 Å². The van der Waals surface area contributed by atoms with Crippen molar-refractivity contribution in [2.24, 2.45) is 0 Å². The highest BCUT2D eigenvalue weighted by Crippen LogP contribution is 2.19. The van der Waals surface area contributed by atoms with E-state index in [1.165, 1.54) is 29.3 Å². The number of nitrogens with zero attached hydrogens (tertiary/aromatic N) is 2. The molecule has 0 unspecified atom stereocenters. The molecule has 1 aliphatic rings. The first-order valence-corrected chi connectivity index (χ1v) is 4.14. The maximum Gasteiger partial charge on any atom is 0.347 e. The largest absolute Gasteiger partial charge is 0.349 e. The molecule has 1 fully saturated rings. The van der Waals surface area contributed by atoms with Gasteiger partial charge in [-0.2, -0.15) is 0 Å². The standard InChI is InChI=1S/C8H7N3O4/c12-8-5-10(9-15-8)6-1-3-7(4-2-6)11(13)14/h1-4,9H,5H2. The zero-order valence-electron chi connectivity index (χ0n) is 7.54. The van der Waals surface area contributed by atoms with Crippen molar-refractivity contribution in [3.8, 4) is 0 Å². The lowest BCUT2D eigenvalue weighted by molar-refractivity contribution is -0.384. The SMILES string of the molecule is O=C1CN(c2ccc([N+](=O)[O-])cc2)NO1. The van der Waals surface area contributed by atoms with Crippen LogP contribution in [0.5, 0.6) is 0 Å². The molecule has 0 spiro atoms. The molecule has 15 heavy (non-hydrogen) atoms. The molecule has 0 radical (unpaired) electrons. The van der Waals surface area contributed by atoms with Crippen LogP contribution in [-0.4, -0.2) is 17.4 Å². The van der Waals surface area contributed by atoms with Crippen molar-refractivity contribution in [1.29, 1.82) is 0 Å². The van der Waals surface area contributed by atoms with E-state index >= 15 is 0 Å². The molecular formula is C8H7N3O4. The number of hydrazine groups is 1. The van der Waals surface area contributed by atoms with Crippen LogP contribution < -0.4 is 10.6 Å². The second kappa shape index (κ2) is 3.54. The molecule has 0 aliphatic carbocycles. The van der Waals surface area contributed by atoms with E-state index in [1.54, 1.807) is 0 Å². The van der Waals surface area contributed by atoms with Crippen LogP contribution in [0.3, 0.4) is 0 Å². The molecule has 0 atom stereocenters. The van der Waals surface area contributed by atoms with Crippen molar-refractivity contribution in [3.05, 3.63) is 34.4 Å². The Labute approximate surface area is 84.3 Å². The van der Waals surface area contributed by atoms with Crippen molar-refractivity contribution in [2.75, 3.05) is 11.6 Å². The lowest BCUT2D eigenvalue weighted by atomic mass is 10.3. The third-order valence-electron chi connectivity index (χ3n) is 1.93. The van der Waals surface area contributed by atoms with Crippen LogP contribution in [0.4, 0.5) is 11.4 Å². The fourth-order valence-corrected chi connectivity index (χ4v) is 1.20. The van der Waals surface area contributed by atoms with E-state index in [4.69, 9.17) is 0 Å². The van der Waals surface area contributed by atoms with E-state index in [2.05, 4.69) is 10.4 Å². The van der Waals surface area contributed by atoms with Gasteiger partial charge in [-0.15, -0.1) is 0 Å². The zero-order chi connectivity index (χ0) is 10.8. The third kappa shape index (κ3) is 1.86. The molecule has 7 heteroatoms. The first kappa shape index (κ1) is 9.41. The number of rotatable bonds is 2. The van der Waals surface area contributed by atoms with Gasteiger partial charge in [-0.25, -0.2) is 4.79 Å². The summed E-state index contributed by atoms with van der Waals surface area (Å²) >= 11 is 0. The number of nitro benzene ring substituents is 1. The Balaban J connectivity index is 2.17. The van der Waals surface area contributed by atoms with Gasteiger partial charge in [0.2, 0.25) is 0 Å². The Morgan fingerprint density at radius 1 is 1.40 bits per heavy atom. The third-order valence-corrected chi connectivity index (χ3v) is 1.93. The summed E-state index contributed by atoms with van der Waals surface area (Å²) in [6, 6.07) is 5.79. The quantitative estimate of drug-likeness (QED) is 0.559. The fraction of sp³-hybridized carbons (Fsp3) is 0.125. The maximum absolute atomic E-state index is 10.8. The normalized spacial score (nSPS) is 15.2. The highest BCUT2D eigenvalue weighted by atomic mass is 16.7. The number of benzene rings is 1. The number of carbonyl (C=O) groups is 1. The number of non-ortho nitro benzene ring substituents is 1. The number of anilines is 1. The van der Waals surface area contributed by atoms with E-state index in [0.29, 0.717) is 5.69 Å². The molecule has 0 saturated carbocycles. The van der Waals surface area contributed by atoms with Crippen LogP contribution in [0.1, 0.15) is 0 Å². The number of hydrogen-bond acceptors (Lipinski definition) is 6. The molecule has 1 aliphatic heterocycles. The first-order valence-electron chi connectivity index (χ1n) is 4.14. The Morgan fingerprint density at radius 3 is 2.53 bits per heavy atom. The van der Waals surface area contributed by atoms with Crippen molar-refractivity contribution < 1.29 is 14.6 Å². The minimum absolute atomic E-state index is 0.00481. The maximum atomic E-state index is 10.8. The van der Waals surface area contributed by atoms with Crippen LogP contribution in [0, 0.1) is 10.1 Å². The average molecular weight is 209 g/mol. The predicted molar refractivity (Wildman–Crippen MR) is 49.7 cm³/mol. The van der Waals surface area contributed by atoms with Gasteiger partial charge in [0.05, 0.1) is 10.6 Å². The average Bonchev–Trinajstić information content (AvgIpc) is 2.65. The van der Waals surface area contributed by atoms with Crippen molar-refractivity contribution >= 4 is 17.3 Å². The Morgan fingerprint density at radius 2 is 2.07 bits per heavy atom. The molecule has 1 aromatic carbocycles. The molecule has 1 saturated heterocycles. The summed E-state index contributed by atoms with van der Waals surface area (Å²) in [4.78, 5) is 25.2. The number of hydrogen-bond donors (Lipinski definition) is 1. The first-order chi connectivity index (χ1) is 7.16. The van der Waals surface area contributed by atoms with Crippen LogP contribution in [0.2, 0.25) is 0 Å². The van der Waals surface area contributed by atoms with Crippen molar-refractivity contribution in [1.82, 2.24) is 5.59 Å². The summed E-state index contributed by atoms with van der Waals surface area (Å²) in [5.74, 6) is -0.395. The second-order valence-electron chi connectivity index (χ2n) is 2.93. The second-order valence-corrected chi connectivity index (χ2v) is 2.93. The fourth-order valence-electron chi connectivity index (χ4n) is 1.20. The van der Waals surface area contributed by atoms with Gasteiger partial charge in [-0.1, -0.05) is 5.59 Å². The summed E-state index contributed by atoms with van der Waals surface area (Å²) < 4.78 is 0. The van der Waals surface area contributed by atoms with Crippen molar-refractivity contribution in [3.63, 3.8) is 0 Å². The number of nitrogens with one attached hydrogen (secondary N) is 1. The van der Waals surface area contributed by atoms with Crippen molar-refractivity contribution in [2.45, 2.75) is 0 Å². The van der Waals surface area contributed by atoms with Crippen LogP contribution in [0.15, 0.2) is 24.3 Å². The lowest BCUT2D eigenvalue weighted by Crippen LogP contribution is -2.29. The predicted octanol–water partition coefficient (Wildman–Crippen LogP) is 0.378. The minimum Gasteiger partial charge on any atom is -0.349 e. The number of nitro groups is 1. The van der Waals surface area contributed by atoms with Crippen LogP contribution >= 0.6 is 0 Å². The van der Waals surface area contributed by atoms with Crippen LogP contribution in [-0.2, 0) is 9.63 Å². The van der Waals surface area contributed by atoms with E-state index in [1.807, 2.05) is 0 Å². The summed E-state index contributed by atoms with van der Waals surface area (Å²) in [5, 5.41) is 11.8. The topological polar surface area (TPSA) is 84.7 Å². The van der Waals surface area contributed by atoms with Gasteiger partial charge < -0.3 is 4.84 Å². The molecule has 1 N–H and O–H groups in total. The molecule has 1 heterocycles. The van der Waals surface area contributed by atoms with Gasteiger partial charge in [-0.05, 0) is 12.1 Å². The van der Waals surface area contributed by atoms with E-state index in [-0.39, 0.29) is 12.2 Å².